The topological polar surface area (TPSA) is 86.9 Å². The molecule has 0 bridgehead atoms. The van der Waals surface area contributed by atoms with Crippen LogP contribution in [0.2, 0.25) is 0 Å². The van der Waals surface area contributed by atoms with E-state index in [1.807, 2.05) is 41.9 Å². The van der Waals surface area contributed by atoms with Crippen molar-refractivity contribution in [2.75, 3.05) is 0 Å². The van der Waals surface area contributed by atoms with Crippen molar-refractivity contribution in [2.45, 2.75) is 50.6 Å². The quantitative estimate of drug-likeness (QED) is 0.839. The Balaban J connectivity index is 1.48. The highest BCUT2D eigenvalue weighted by Crippen LogP contribution is 2.33. The number of nitrogens with zero attached hydrogens (tertiary/aromatic N) is 2. The van der Waals surface area contributed by atoms with Gasteiger partial charge in [-0.05, 0) is 43.7 Å². The fraction of sp³-hybridized carbons (Fsp3) is 0.500. The highest BCUT2D eigenvalue weighted by molar-refractivity contribution is 5.99. The Kier molecular flexibility index (Phi) is 5.08. The number of aryl methyl sites for hydroxylation is 1. The fourth-order valence-corrected chi connectivity index (χ4v) is 4.31. The Bertz CT molecular complexity index is 938. The zero-order valence-corrected chi connectivity index (χ0v) is 16.1. The van der Waals surface area contributed by atoms with E-state index in [-0.39, 0.29) is 23.8 Å². The number of hydrogen-bond acceptors (Lipinski definition) is 3. The molecule has 0 aliphatic heterocycles. The van der Waals surface area contributed by atoms with Gasteiger partial charge in [0.1, 0.15) is 11.7 Å². The van der Waals surface area contributed by atoms with Crippen LogP contribution < -0.4 is 10.6 Å². The molecule has 0 radical (unpaired) electrons. The van der Waals surface area contributed by atoms with Crippen LogP contribution in [-0.4, -0.2) is 28.5 Å². The molecule has 146 valence electrons. The van der Waals surface area contributed by atoms with E-state index < -0.39 is 6.04 Å². The van der Waals surface area contributed by atoms with Gasteiger partial charge in [-0.1, -0.05) is 31.0 Å². The van der Waals surface area contributed by atoms with E-state index in [0.29, 0.717) is 11.6 Å². The number of benzene rings is 1. The first-order valence-electron chi connectivity index (χ1n) is 10.1. The van der Waals surface area contributed by atoms with Crippen molar-refractivity contribution in [2.24, 2.45) is 18.9 Å². The number of rotatable bonds is 5. The lowest BCUT2D eigenvalue weighted by atomic mass is 9.83. The molecular weight excluding hydrogens is 352 g/mol. The van der Waals surface area contributed by atoms with Gasteiger partial charge >= 0.3 is 0 Å². The average Bonchev–Trinajstić information content (AvgIpc) is 3.50. The van der Waals surface area contributed by atoms with Gasteiger partial charge in [0.25, 0.3) is 5.91 Å². The maximum Gasteiger partial charge on any atom is 0.268 e. The summed E-state index contributed by atoms with van der Waals surface area (Å²) in [7, 11) is 1.88. The Labute approximate surface area is 164 Å². The second kappa shape index (κ2) is 7.67. The number of amides is 2. The molecule has 28 heavy (non-hydrogen) atoms. The second-order valence-corrected chi connectivity index (χ2v) is 8.07. The molecule has 0 saturated heterocycles. The van der Waals surface area contributed by atoms with E-state index in [0.717, 1.165) is 49.4 Å². The SMILES string of the molecule is Cn1c(C(=O)N[C@H]2CCCC[C@H]2C(=O)NC(C#N)C2CC2)cc2ccccc21. The van der Waals surface area contributed by atoms with Crippen molar-refractivity contribution >= 4 is 22.7 Å². The van der Waals surface area contributed by atoms with Crippen LogP contribution in [-0.2, 0) is 11.8 Å². The molecule has 2 saturated carbocycles. The molecule has 3 atom stereocenters. The minimum absolute atomic E-state index is 0.0968. The standard InChI is InChI=1S/C22H26N4O2/c1-26-19-9-5-2-6-15(19)12-20(26)22(28)24-17-8-4-3-7-16(17)21(27)25-18(13-23)14-10-11-14/h2,5-6,9,12,14,16-18H,3-4,7-8,10-11H2,1H3,(H,24,28)(H,25,27)/t16-,17+,18?/m1/s1. The van der Waals surface area contributed by atoms with Crippen LogP contribution in [0.3, 0.4) is 0 Å². The Morgan fingerprint density at radius 2 is 1.93 bits per heavy atom. The van der Waals surface area contributed by atoms with Gasteiger partial charge in [-0.2, -0.15) is 5.26 Å². The molecule has 6 heteroatoms. The van der Waals surface area contributed by atoms with Gasteiger partial charge in [0.2, 0.25) is 5.91 Å². The number of carbonyl (C=O) groups is 2. The van der Waals surface area contributed by atoms with Crippen LogP contribution in [0.15, 0.2) is 30.3 Å². The van der Waals surface area contributed by atoms with Crippen molar-refractivity contribution in [3.63, 3.8) is 0 Å². The van der Waals surface area contributed by atoms with E-state index in [1.54, 1.807) is 0 Å². The smallest absolute Gasteiger partial charge is 0.268 e. The monoisotopic (exact) mass is 378 g/mol. The van der Waals surface area contributed by atoms with Gasteiger partial charge in [0.05, 0.1) is 12.0 Å². The molecule has 2 aromatic rings. The number of para-hydroxylation sites is 1. The zero-order chi connectivity index (χ0) is 19.7. The minimum Gasteiger partial charge on any atom is -0.347 e. The molecule has 0 spiro atoms. The van der Waals surface area contributed by atoms with E-state index >= 15 is 0 Å². The molecule has 2 amide bonds. The summed E-state index contributed by atoms with van der Waals surface area (Å²) < 4.78 is 1.89. The first kappa shape index (κ1) is 18.5. The predicted molar refractivity (Wildman–Crippen MR) is 106 cm³/mol. The summed E-state index contributed by atoms with van der Waals surface area (Å²) in [6, 6.07) is 11.4. The van der Waals surface area contributed by atoms with Crippen molar-refractivity contribution in [3.05, 3.63) is 36.0 Å². The normalized spacial score (nSPS) is 23.0. The largest absolute Gasteiger partial charge is 0.347 e. The third-order valence-corrected chi connectivity index (χ3v) is 6.13. The average molecular weight is 378 g/mol. The summed E-state index contributed by atoms with van der Waals surface area (Å²) in [5, 5.41) is 16.3. The van der Waals surface area contributed by atoms with Crippen molar-refractivity contribution in [1.82, 2.24) is 15.2 Å². The molecule has 6 nitrogen and oxygen atoms in total. The third kappa shape index (κ3) is 3.62. The lowest BCUT2D eigenvalue weighted by Crippen LogP contribution is -2.50. The lowest BCUT2D eigenvalue weighted by molar-refractivity contribution is -0.127. The van der Waals surface area contributed by atoms with Crippen LogP contribution in [0.4, 0.5) is 0 Å². The fourth-order valence-electron chi connectivity index (χ4n) is 4.31. The zero-order valence-electron chi connectivity index (χ0n) is 16.1. The van der Waals surface area contributed by atoms with Gasteiger partial charge < -0.3 is 15.2 Å². The summed E-state index contributed by atoms with van der Waals surface area (Å²) in [5.74, 6) is -0.230. The van der Waals surface area contributed by atoms with Gasteiger partial charge in [0, 0.05) is 24.0 Å². The van der Waals surface area contributed by atoms with E-state index in [4.69, 9.17) is 0 Å². The molecule has 1 aromatic carbocycles. The number of hydrogen-bond donors (Lipinski definition) is 2. The predicted octanol–water partition coefficient (Wildman–Crippen LogP) is 2.89. The van der Waals surface area contributed by atoms with Crippen LogP contribution in [0.25, 0.3) is 10.9 Å². The summed E-state index contributed by atoms with van der Waals surface area (Å²) in [6.45, 7) is 0. The van der Waals surface area contributed by atoms with Gasteiger partial charge in [-0.25, -0.2) is 0 Å². The molecule has 1 heterocycles. The minimum atomic E-state index is -0.399. The maximum absolute atomic E-state index is 13.0. The molecule has 2 aliphatic rings. The molecule has 4 rings (SSSR count). The van der Waals surface area contributed by atoms with Crippen molar-refractivity contribution < 1.29 is 9.59 Å². The Hall–Kier alpha value is -2.81. The summed E-state index contributed by atoms with van der Waals surface area (Å²) >= 11 is 0. The van der Waals surface area contributed by atoms with Gasteiger partial charge in [-0.3, -0.25) is 9.59 Å². The number of fused-ring (bicyclic) bond motifs is 1. The maximum atomic E-state index is 13.0. The van der Waals surface area contributed by atoms with Crippen molar-refractivity contribution in [1.29, 1.82) is 5.26 Å². The number of nitriles is 1. The number of carbonyl (C=O) groups excluding carboxylic acids is 2. The van der Waals surface area contributed by atoms with Crippen LogP contribution >= 0.6 is 0 Å². The first-order chi connectivity index (χ1) is 13.6. The molecule has 1 aromatic heterocycles. The summed E-state index contributed by atoms with van der Waals surface area (Å²) in [5.41, 5.74) is 1.60. The molecule has 2 N–H and O–H groups in total. The molecule has 1 unspecified atom stereocenters. The van der Waals surface area contributed by atoms with Crippen LogP contribution in [0.5, 0.6) is 0 Å². The lowest BCUT2D eigenvalue weighted by Gasteiger charge is -2.31. The van der Waals surface area contributed by atoms with E-state index in [2.05, 4.69) is 16.7 Å². The first-order valence-corrected chi connectivity index (χ1v) is 10.1. The van der Waals surface area contributed by atoms with E-state index in [1.165, 1.54) is 0 Å². The number of nitrogens with one attached hydrogen (secondary N) is 2. The molecular formula is C22H26N4O2. The van der Waals surface area contributed by atoms with Crippen LogP contribution in [0.1, 0.15) is 49.0 Å². The highest BCUT2D eigenvalue weighted by atomic mass is 16.2. The molecule has 2 aliphatic carbocycles. The number of aromatic nitrogens is 1. The van der Waals surface area contributed by atoms with Gasteiger partial charge in [0.15, 0.2) is 0 Å². The summed E-state index contributed by atoms with van der Waals surface area (Å²) in [6.07, 6.45) is 5.51. The Morgan fingerprint density at radius 1 is 1.18 bits per heavy atom. The van der Waals surface area contributed by atoms with Crippen LogP contribution in [0, 0.1) is 23.2 Å². The summed E-state index contributed by atoms with van der Waals surface area (Å²) in [4.78, 5) is 25.8. The van der Waals surface area contributed by atoms with Crippen molar-refractivity contribution in [3.8, 4) is 6.07 Å². The second-order valence-electron chi connectivity index (χ2n) is 8.07. The molecule has 2 fully saturated rings. The van der Waals surface area contributed by atoms with Gasteiger partial charge in [-0.15, -0.1) is 0 Å². The third-order valence-electron chi connectivity index (χ3n) is 6.13. The van der Waals surface area contributed by atoms with E-state index in [9.17, 15) is 14.9 Å². The Morgan fingerprint density at radius 3 is 2.64 bits per heavy atom. The highest BCUT2D eigenvalue weighted by Gasteiger charge is 2.37.